The van der Waals surface area contributed by atoms with Gasteiger partial charge in [-0.1, -0.05) is 23.8 Å². The highest BCUT2D eigenvalue weighted by molar-refractivity contribution is 9.12. The van der Waals surface area contributed by atoms with Crippen LogP contribution in [-0.2, 0) is 19.2 Å². The number of nitrogens with zero attached hydrogens (tertiary/aromatic N) is 1. The van der Waals surface area contributed by atoms with Gasteiger partial charge in [-0.15, -0.1) is 0 Å². The van der Waals surface area contributed by atoms with Crippen LogP contribution in [0.25, 0.3) is 0 Å². The minimum Gasteiger partial charge on any atom is -0.504 e. The Balaban J connectivity index is 1.73. The Kier molecular flexibility index (Phi) is 5.13. The van der Waals surface area contributed by atoms with Crippen LogP contribution in [0.1, 0.15) is 31.2 Å². The number of allylic oxidation sites excluding steroid dienone is 6. The zero-order valence-corrected chi connectivity index (χ0v) is 19.2. The predicted octanol–water partition coefficient (Wildman–Crippen LogP) is 2.94. The average Bonchev–Trinajstić information content (AvgIpc) is 3.02. The van der Waals surface area contributed by atoms with Gasteiger partial charge in [-0.3, -0.25) is 24.4 Å². The molecule has 3 aliphatic carbocycles. The lowest BCUT2D eigenvalue weighted by Gasteiger charge is -2.42. The molecular formula is C24H20BrNO7. The number of rotatable bonds is 3. The molecule has 33 heavy (non-hydrogen) atoms. The van der Waals surface area contributed by atoms with Crippen LogP contribution in [-0.4, -0.2) is 45.4 Å². The van der Waals surface area contributed by atoms with E-state index in [1.54, 1.807) is 25.1 Å². The maximum atomic E-state index is 13.1. The number of hydroxylamine groups is 2. The van der Waals surface area contributed by atoms with Crippen molar-refractivity contribution in [2.75, 3.05) is 6.61 Å². The molecule has 1 heterocycles. The summed E-state index contributed by atoms with van der Waals surface area (Å²) < 4.78 is 5.64. The molecule has 0 unspecified atom stereocenters. The fourth-order valence-electron chi connectivity index (χ4n) is 5.59. The highest BCUT2D eigenvalue weighted by atomic mass is 79.9. The molecule has 2 amide bonds. The summed E-state index contributed by atoms with van der Waals surface area (Å²) in [7, 11) is 0. The van der Waals surface area contributed by atoms with E-state index in [1.165, 1.54) is 6.08 Å². The lowest BCUT2D eigenvalue weighted by molar-refractivity contribution is -0.173. The van der Waals surface area contributed by atoms with Crippen molar-refractivity contribution in [3.8, 4) is 11.5 Å². The number of halogens is 1. The van der Waals surface area contributed by atoms with Crippen molar-refractivity contribution in [2.45, 2.75) is 25.7 Å². The zero-order chi connectivity index (χ0) is 23.6. The molecule has 9 heteroatoms. The molecule has 0 saturated carbocycles. The van der Waals surface area contributed by atoms with Crippen molar-refractivity contribution in [2.24, 2.45) is 17.8 Å². The van der Waals surface area contributed by atoms with Gasteiger partial charge in [-0.05, 0) is 47.7 Å². The topological polar surface area (TPSA) is 121 Å². The monoisotopic (exact) mass is 513 g/mol. The summed E-state index contributed by atoms with van der Waals surface area (Å²) in [4.78, 5) is 51.4. The molecule has 170 valence electrons. The Morgan fingerprint density at radius 1 is 1.15 bits per heavy atom. The Hall–Kier alpha value is -3.04. The third kappa shape index (κ3) is 3.06. The quantitative estimate of drug-likeness (QED) is 0.275. The number of carbonyl (C=O) groups excluding carboxylic acids is 4. The number of phenolic OH excluding ortho intramolecular Hbond substituents is 1. The summed E-state index contributed by atoms with van der Waals surface area (Å²) >= 11 is 3.16. The normalized spacial score (nSPS) is 28.9. The van der Waals surface area contributed by atoms with Crippen LogP contribution in [0.2, 0.25) is 0 Å². The summed E-state index contributed by atoms with van der Waals surface area (Å²) in [5.74, 6) is -4.93. The molecule has 4 aliphatic rings. The number of phenols is 1. The van der Waals surface area contributed by atoms with Crippen molar-refractivity contribution >= 4 is 39.3 Å². The van der Waals surface area contributed by atoms with E-state index in [2.05, 4.69) is 15.9 Å². The predicted molar refractivity (Wildman–Crippen MR) is 117 cm³/mol. The Morgan fingerprint density at radius 2 is 1.91 bits per heavy atom. The smallest absolute Gasteiger partial charge is 0.257 e. The van der Waals surface area contributed by atoms with Gasteiger partial charge in [-0.2, -0.15) is 5.06 Å². The first kappa shape index (κ1) is 21.8. The van der Waals surface area contributed by atoms with Crippen LogP contribution in [0.15, 0.2) is 51.6 Å². The first-order valence-corrected chi connectivity index (χ1v) is 11.5. The molecule has 8 nitrogen and oxygen atoms in total. The molecule has 0 bridgehead atoms. The van der Waals surface area contributed by atoms with E-state index in [1.807, 2.05) is 6.08 Å². The molecule has 4 atom stereocenters. The van der Waals surface area contributed by atoms with E-state index in [-0.39, 0.29) is 56.6 Å². The number of benzene rings is 1. The molecule has 1 aromatic carbocycles. The van der Waals surface area contributed by atoms with Gasteiger partial charge in [0, 0.05) is 28.7 Å². The van der Waals surface area contributed by atoms with Gasteiger partial charge in [0.15, 0.2) is 23.1 Å². The van der Waals surface area contributed by atoms with E-state index in [0.717, 1.165) is 0 Å². The highest BCUT2D eigenvalue weighted by Crippen LogP contribution is 2.56. The van der Waals surface area contributed by atoms with Crippen molar-refractivity contribution in [3.05, 3.63) is 57.1 Å². The summed E-state index contributed by atoms with van der Waals surface area (Å²) in [6.07, 6.45) is 3.34. The molecule has 5 rings (SSSR count). The van der Waals surface area contributed by atoms with Crippen molar-refractivity contribution in [1.29, 1.82) is 0 Å². The number of imide groups is 1. The molecule has 0 spiro atoms. The second kappa shape index (κ2) is 7.78. The molecule has 1 saturated heterocycles. The van der Waals surface area contributed by atoms with Crippen molar-refractivity contribution < 1.29 is 34.2 Å². The van der Waals surface area contributed by atoms with Gasteiger partial charge in [0.2, 0.25) is 0 Å². The van der Waals surface area contributed by atoms with Gasteiger partial charge < -0.3 is 9.84 Å². The van der Waals surface area contributed by atoms with E-state index >= 15 is 0 Å². The van der Waals surface area contributed by atoms with Gasteiger partial charge in [0.1, 0.15) is 0 Å². The number of ketones is 2. The largest absolute Gasteiger partial charge is 0.504 e. The summed E-state index contributed by atoms with van der Waals surface area (Å²) in [5, 5.41) is 21.2. The molecule has 0 radical (unpaired) electrons. The van der Waals surface area contributed by atoms with E-state index in [9.17, 15) is 29.5 Å². The van der Waals surface area contributed by atoms with Crippen molar-refractivity contribution in [1.82, 2.24) is 5.06 Å². The van der Waals surface area contributed by atoms with Crippen LogP contribution in [0.4, 0.5) is 0 Å². The maximum absolute atomic E-state index is 13.1. The SMILES string of the molecule is CCOc1cccc([C@H]2C3=CC[C@@H]4C(=O)N(O)C(=O)[C@@H]4[C@@H]3CC3=C2C(=O)C=C(Br)C3=O)c1O. The Bertz CT molecular complexity index is 1230. The fourth-order valence-corrected chi connectivity index (χ4v) is 6.04. The Morgan fingerprint density at radius 3 is 2.64 bits per heavy atom. The summed E-state index contributed by atoms with van der Waals surface area (Å²) in [5.41, 5.74) is 1.57. The van der Waals surface area contributed by atoms with Crippen LogP contribution >= 0.6 is 15.9 Å². The number of fused-ring (bicyclic) bond motifs is 3. The second-order valence-electron chi connectivity index (χ2n) is 8.51. The maximum Gasteiger partial charge on any atom is 0.257 e. The molecular weight excluding hydrogens is 494 g/mol. The molecule has 1 fully saturated rings. The number of amides is 2. The Labute approximate surface area is 197 Å². The number of aromatic hydroxyl groups is 1. The lowest BCUT2D eigenvalue weighted by atomic mass is 9.59. The number of hydrogen-bond donors (Lipinski definition) is 2. The van der Waals surface area contributed by atoms with Gasteiger partial charge in [0.25, 0.3) is 11.8 Å². The van der Waals surface area contributed by atoms with E-state index in [0.29, 0.717) is 17.7 Å². The molecule has 2 N–H and O–H groups in total. The minimum absolute atomic E-state index is 0.0884. The van der Waals surface area contributed by atoms with Crippen LogP contribution in [0, 0.1) is 17.8 Å². The molecule has 1 aromatic rings. The van der Waals surface area contributed by atoms with Crippen LogP contribution in [0.5, 0.6) is 11.5 Å². The number of Topliss-reactive ketones (excluding diaryl/α,β-unsaturated/α-hetero) is 1. The van der Waals surface area contributed by atoms with Gasteiger partial charge >= 0.3 is 0 Å². The molecule has 0 aromatic heterocycles. The third-order valence-electron chi connectivity index (χ3n) is 6.95. The first-order valence-electron chi connectivity index (χ1n) is 10.7. The zero-order valence-electron chi connectivity index (χ0n) is 17.6. The lowest BCUT2D eigenvalue weighted by Crippen LogP contribution is -2.39. The second-order valence-corrected chi connectivity index (χ2v) is 9.36. The summed E-state index contributed by atoms with van der Waals surface area (Å²) in [6, 6.07) is 4.96. The minimum atomic E-state index is -0.844. The average molecular weight is 514 g/mol. The van der Waals surface area contributed by atoms with E-state index in [4.69, 9.17) is 4.74 Å². The number of ether oxygens (including phenoxy) is 1. The fraction of sp³-hybridized carbons (Fsp3) is 0.333. The molecule has 1 aliphatic heterocycles. The number of hydrogen-bond acceptors (Lipinski definition) is 7. The van der Waals surface area contributed by atoms with Crippen LogP contribution in [0.3, 0.4) is 0 Å². The highest BCUT2D eigenvalue weighted by Gasteiger charge is 2.56. The van der Waals surface area contributed by atoms with Crippen LogP contribution < -0.4 is 4.74 Å². The van der Waals surface area contributed by atoms with E-state index < -0.39 is 35.5 Å². The van der Waals surface area contributed by atoms with Crippen molar-refractivity contribution in [3.63, 3.8) is 0 Å². The number of carbonyl (C=O) groups is 4. The summed E-state index contributed by atoms with van der Waals surface area (Å²) in [6.45, 7) is 2.10. The first-order chi connectivity index (χ1) is 15.8. The third-order valence-corrected chi connectivity index (χ3v) is 7.54. The van der Waals surface area contributed by atoms with Gasteiger partial charge in [-0.25, -0.2) is 0 Å². The standard InChI is InChI=1S/C24H20BrNO7/c1-2-33-17-5-3-4-11(22(17)29)18-10-6-7-12-19(24(31)26(32)23(12)30)13(10)8-14-20(18)16(27)9-15(25)21(14)28/h3-6,9,12-13,18-19,29,32H,2,7-8H2,1H3/t12-,13+,18+,19-/m0/s1. The number of para-hydroxylation sites is 1. The van der Waals surface area contributed by atoms with Gasteiger partial charge in [0.05, 0.1) is 22.9 Å².